The number of halogens is 3. The highest BCUT2D eigenvalue weighted by molar-refractivity contribution is 5.94. The molecule has 2 aromatic heterocycles. The van der Waals surface area contributed by atoms with Crippen molar-refractivity contribution in [3.63, 3.8) is 0 Å². The summed E-state index contributed by atoms with van der Waals surface area (Å²) in [6, 6.07) is 13.5. The Labute approximate surface area is 191 Å². The Morgan fingerprint density at radius 2 is 1.85 bits per heavy atom. The molecule has 4 aromatic rings. The highest BCUT2D eigenvalue weighted by Crippen LogP contribution is 2.33. The van der Waals surface area contributed by atoms with Crippen molar-refractivity contribution in [1.29, 1.82) is 0 Å². The number of fused-ring (bicyclic) bond motifs is 2. The maximum Gasteiger partial charge on any atom is 0.451 e. The lowest BCUT2D eigenvalue weighted by molar-refractivity contribution is -0.148. The SMILES string of the molecule is C[C@@H]1c2nnc(C(F)(F)F)n2CCN1C(=O)c1cccc(Cc2n[nH]c(=O)c3ccccc23)c1. The number of aromatic nitrogens is 5. The summed E-state index contributed by atoms with van der Waals surface area (Å²) < 4.78 is 40.5. The number of aromatic amines is 1. The molecule has 11 heteroatoms. The van der Waals surface area contributed by atoms with Crippen molar-refractivity contribution in [3.8, 4) is 0 Å². The summed E-state index contributed by atoms with van der Waals surface area (Å²) >= 11 is 0. The molecule has 0 saturated heterocycles. The second kappa shape index (κ2) is 8.08. The molecule has 0 unspecified atom stereocenters. The second-order valence-electron chi connectivity index (χ2n) is 8.13. The van der Waals surface area contributed by atoms with Crippen LogP contribution >= 0.6 is 0 Å². The standard InChI is InChI=1S/C23H19F3N6O2/c1-13-19-28-30-22(23(24,25)26)32(19)10-9-31(13)21(34)15-6-4-5-14(11-15)12-18-16-7-2-3-8-17(16)20(33)29-27-18/h2-8,11,13H,9-10,12H2,1H3,(H,29,33)/t13-/m1/s1. The summed E-state index contributed by atoms with van der Waals surface area (Å²) in [4.78, 5) is 26.8. The van der Waals surface area contributed by atoms with E-state index in [-0.39, 0.29) is 30.4 Å². The fraction of sp³-hybridized carbons (Fsp3) is 0.261. The highest BCUT2D eigenvalue weighted by atomic mass is 19.4. The van der Waals surface area contributed by atoms with E-state index < -0.39 is 18.0 Å². The first-order valence-corrected chi connectivity index (χ1v) is 10.6. The second-order valence-corrected chi connectivity index (χ2v) is 8.13. The van der Waals surface area contributed by atoms with Gasteiger partial charge in [-0.3, -0.25) is 9.59 Å². The number of alkyl halides is 3. The summed E-state index contributed by atoms with van der Waals surface area (Å²) in [5.74, 6) is -1.26. The van der Waals surface area contributed by atoms with E-state index in [9.17, 15) is 22.8 Å². The average molecular weight is 468 g/mol. The van der Waals surface area contributed by atoms with Crippen LogP contribution in [0.4, 0.5) is 13.2 Å². The maximum absolute atomic E-state index is 13.3. The van der Waals surface area contributed by atoms with Gasteiger partial charge in [0.15, 0.2) is 5.82 Å². The fourth-order valence-corrected chi connectivity index (χ4v) is 4.35. The number of H-pyrrole nitrogens is 1. The van der Waals surface area contributed by atoms with Crippen LogP contribution in [0, 0.1) is 0 Å². The Balaban J connectivity index is 1.41. The average Bonchev–Trinajstić information content (AvgIpc) is 3.27. The Morgan fingerprint density at radius 1 is 1.09 bits per heavy atom. The largest absolute Gasteiger partial charge is 0.451 e. The van der Waals surface area contributed by atoms with Gasteiger partial charge in [-0.05, 0) is 30.7 Å². The van der Waals surface area contributed by atoms with Crippen LogP contribution in [0.2, 0.25) is 0 Å². The van der Waals surface area contributed by atoms with Gasteiger partial charge in [0.2, 0.25) is 5.82 Å². The molecule has 1 aliphatic rings. The summed E-state index contributed by atoms with van der Waals surface area (Å²) in [6.45, 7) is 1.70. The van der Waals surface area contributed by atoms with E-state index in [1.807, 2.05) is 18.2 Å². The zero-order valence-electron chi connectivity index (χ0n) is 18.0. The minimum Gasteiger partial charge on any atom is -0.327 e. The zero-order valence-corrected chi connectivity index (χ0v) is 18.0. The topological polar surface area (TPSA) is 96.8 Å². The van der Waals surface area contributed by atoms with Crippen LogP contribution in [0.25, 0.3) is 10.8 Å². The number of carbonyl (C=O) groups is 1. The molecule has 1 aliphatic heterocycles. The van der Waals surface area contributed by atoms with Crippen LogP contribution < -0.4 is 5.56 Å². The van der Waals surface area contributed by atoms with Gasteiger partial charge in [-0.1, -0.05) is 30.3 Å². The number of nitrogens with zero attached hydrogens (tertiary/aromatic N) is 5. The molecule has 0 bridgehead atoms. The van der Waals surface area contributed by atoms with Gasteiger partial charge in [-0.25, -0.2) is 5.10 Å². The molecule has 3 heterocycles. The van der Waals surface area contributed by atoms with Crippen molar-refractivity contribution in [2.75, 3.05) is 6.54 Å². The lowest BCUT2D eigenvalue weighted by Gasteiger charge is -2.34. The van der Waals surface area contributed by atoms with E-state index in [1.54, 1.807) is 37.3 Å². The van der Waals surface area contributed by atoms with Crippen LogP contribution in [0.15, 0.2) is 53.3 Å². The monoisotopic (exact) mass is 468 g/mol. The van der Waals surface area contributed by atoms with Crippen LogP contribution in [-0.4, -0.2) is 42.3 Å². The number of carbonyl (C=O) groups excluding carboxylic acids is 1. The van der Waals surface area contributed by atoms with E-state index in [0.29, 0.717) is 23.1 Å². The third-order valence-electron chi connectivity index (χ3n) is 6.02. The minimum atomic E-state index is -4.61. The summed E-state index contributed by atoms with van der Waals surface area (Å²) in [5.41, 5.74) is 1.60. The Bertz CT molecular complexity index is 1460. The third-order valence-corrected chi connectivity index (χ3v) is 6.02. The van der Waals surface area contributed by atoms with E-state index in [1.165, 1.54) is 4.90 Å². The molecule has 0 saturated carbocycles. The van der Waals surface area contributed by atoms with Crippen LogP contribution in [0.3, 0.4) is 0 Å². The van der Waals surface area contributed by atoms with E-state index in [0.717, 1.165) is 15.5 Å². The predicted molar refractivity (Wildman–Crippen MR) is 116 cm³/mol. The maximum atomic E-state index is 13.3. The molecule has 0 spiro atoms. The number of hydrogen-bond donors (Lipinski definition) is 1. The molecule has 8 nitrogen and oxygen atoms in total. The van der Waals surface area contributed by atoms with Gasteiger partial charge < -0.3 is 9.47 Å². The summed E-state index contributed by atoms with van der Waals surface area (Å²) in [7, 11) is 0. The van der Waals surface area contributed by atoms with E-state index >= 15 is 0 Å². The molecule has 174 valence electrons. The van der Waals surface area contributed by atoms with Gasteiger partial charge in [0, 0.05) is 30.5 Å². The van der Waals surface area contributed by atoms with Crippen LogP contribution in [-0.2, 0) is 19.1 Å². The number of amides is 1. The lowest BCUT2D eigenvalue weighted by Crippen LogP contribution is -2.42. The lowest BCUT2D eigenvalue weighted by atomic mass is 10.0. The molecule has 1 N–H and O–H groups in total. The summed E-state index contributed by atoms with van der Waals surface area (Å²) in [5, 5.41) is 14.9. The molecule has 0 fully saturated rings. The van der Waals surface area contributed by atoms with Crippen LogP contribution in [0.1, 0.15) is 46.2 Å². The molecule has 0 radical (unpaired) electrons. The van der Waals surface area contributed by atoms with Gasteiger partial charge in [0.25, 0.3) is 11.5 Å². The molecule has 34 heavy (non-hydrogen) atoms. The molecular formula is C23H19F3N6O2. The normalized spacial score (nSPS) is 16.0. The molecular weight excluding hydrogens is 449 g/mol. The molecule has 2 aromatic carbocycles. The molecule has 0 aliphatic carbocycles. The zero-order chi connectivity index (χ0) is 24.0. The number of hydrogen-bond acceptors (Lipinski definition) is 5. The third kappa shape index (κ3) is 3.72. The molecule has 1 amide bonds. The van der Waals surface area contributed by atoms with Crippen LogP contribution in [0.5, 0.6) is 0 Å². The molecule has 5 rings (SSSR count). The fourth-order valence-electron chi connectivity index (χ4n) is 4.35. The van der Waals surface area contributed by atoms with Crippen molar-refractivity contribution in [2.24, 2.45) is 0 Å². The minimum absolute atomic E-state index is 0.0414. The quantitative estimate of drug-likeness (QED) is 0.498. The first kappa shape index (κ1) is 21.8. The highest BCUT2D eigenvalue weighted by Gasteiger charge is 2.41. The summed E-state index contributed by atoms with van der Waals surface area (Å²) in [6.07, 6.45) is -4.22. The number of rotatable bonds is 3. The van der Waals surface area contributed by atoms with E-state index in [2.05, 4.69) is 20.4 Å². The van der Waals surface area contributed by atoms with Gasteiger partial charge in [0.1, 0.15) is 0 Å². The number of benzene rings is 2. The van der Waals surface area contributed by atoms with Gasteiger partial charge in [-0.15, -0.1) is 10.2 Å². The van der Waals surface area contributed by atoms with Crippen molar-refractivity contribution >= 4 is 16.7 Å². The molecule has 1 atom stereocenters. The predicted octanol–water partition coefficient (Wildman–Crippen LogP) is 3.34. The Hall–Kier alpha value is -4.02. The Morgan fingerprint density at radius 3 is 2.62 bits per heavy atom. The van der Waals surface area contributed by atoms with Gasteiger partial charge in [-0.2, -0.15) is 18.3 Å². The number of nitrogens with one attached hydrogen (secondary N) is 1. The van der Waals surface area contributed by atoms with Gasteiger partial charge >= 0.3 is 6.18 Å². The Kier molecular flexibility index (Phi) is 5.18. The van der Waals surface area contributed by atoms with Crippen molar-refractivity contribution in [1.82, 2.24) is 29.9 Å². The first-order chi connectivity index (χ1) is 16.2. The van der Waals surface area contributed by atoms with Crippen molar-refractivity contribution < 1.29 is 18.0 Å². The van der Waals surface area contributed by atoms with Gasteiger partial charge in [0.05, 0.1) is 17.1 Å². The van der Waals surface area contributed by atoms with Crippen molar-refractivity contribution in [2.45, 2.75) is 32.1 Å². The first-order valence-electron chi connectivity index (χ1n) is 10.6. The van der Waals surface area contributed by atoms with E-state index in [4.69, 9.17) is 0 Å². The smallest absolute Gasteiger partial charge is 0.327 e. The van der Waals surface area contributed by atoms with Crippen molar-refractivity contribution in [3.05, 3.63) is 87.4 Å².